The third-order valence-electron chi connectivity index (χ3n) is 2.21. The van der Waals surface area contributed by atoms with Crippen LogP contribution in [0, 0.1) is 0 Å². The van der Waals surface area contributed by atoms with Crippen molar-refractivity contribution in [2.45, 2.75) is 25.9 Å². The second-order valence-electron chi connectivity index (χ2n) is 3.42. The van der Waals surface area contributed by atoms with Gasteiger partial charge in [-0.1, -0.05) is 18.2 Å². The molecule has 0 saturated heterocycles. The maximum Gasteiger partial charge on any atom is 0.303 e. The van der Waals surface area contributed by atoms with Gasteiger partial charge in [0.2, 0.25) is 0 Å². The Balaban J connectivity index is 2.73. The zero-order chi connectivity index (χ0) is 12.0. The second kappa shape index (κ2) is 6.12. The number of carbonyl (C=O) groups is 1. The van der Waals surface area contributed by atoms with E-state index in [2.05, 4.69) is 0 Å². The predicted octanol–water partition coefficient (Wildman–Crippen LogP) is 1.98. The van der Waals surface area contributed by atoms with Gasteiger partial charge in [-0.3, -0.25) is 4.79 Å². The molecule has 0 spiro atoms. The minimum atomic E-state index is -0.909. The first-order valence-electron chi connectivity index (χ1n) is 5.26. The number of rotatable bonds is 6. The Morgan fingerprint density at radius 3 is 2.75 bits per heavy atom. The molecule has 0 amide bonds. The number of carboxylic acid groups (broad SMARTS) is 1. The van der Waals surface area contributed by atoms with Crippen LogP contribution < -0.4 is 4.74 Å². The van der Waals surface area contributed by atoms with Crippen molar-refractivity contribution in [3.8, 4) is 5.75 Å². The topological polar surface area (TPSA) is 66.8 Å². The van der Waals surface area contributed by atoms with E-state index in [1.807, 2.05) is 13.0 Å². The smallest absolute Gasteiger partial charge is 0.303 e. The summed E-state index contributed by atoms with van der Waals surface area (Å²) in [7, 11) is 0. The molecule has 88 valence electrons. The minimum absolute atomic E-state index is 0.0539. The number of hydrogen-bond acceptors (Lipinski definition) is 3. The van der Waals surface area contributed by atoms with E-state index < -0.39 is 12.1 Å². The van der Waals surface area contributed by atoms with E-state index in [0.717, 1.165) is 0 Å². The summed E-state index contributed by atoms with van der Waals surface area (Å²) in [5, 5.41) is 18.4. The van der Waals surface area contributed by atoms with Gasteiger partial charge in [0.15, 0.2) is 0 Å². The molecule has 0 heterocycles. The lowest BCUT2D eigenvalue weighted by Crippen LogP contribution is -2.05. The minimum Gasteiger partial charge on any atom is -0.493 e. The van der Waals surface area contributed by atoms with E-state index >= 15 is 0 Å². The highest BCUT2D eigenvalue weighted by Gasteiger charge is 2.14. The highest BCUT2D eigenvalue weighted by Crippen LogP contribution is 2.27. The molecular formula is C12H16O4. The Labute approximate surface area is 94.5 Å². The van der Waals surface area contributed by atoms with Gasteiger partial charge in [0.05, 0.1) is 12.7 Å². The molecule has 1 aromatic carbocycles. The number of aliphatic hydroxyl groups excluding tert-OH is 1. The van der Waals surface area contributed by atoms with Crippen molar-refractivity contribution in [2.75, 3.05) is 6.61 Å². The molecule has 1 aromatic rings. The molecule has 0 bridgehead atoms. The number of para-hydroxylation sites is 1. The molecule has 2 N–H and O–H groups in total. The van der Waals surface area contributed by atoms with Crippen LogP contribution >= 0.6 is 0 Å². The maximum atomic E-state index is 10.4. The maximum absolute atomic E-state index is 10.4. The summed E-state index contributed by atoms with van der Waals surface area (Å²) in [6.07, 6.45) is -0.653. The van der Waals surface area contributed by atoms with E-state index in [9.17, 15) is 9.90 Å². The van der Waals surface area contributed by atoms with Gasteiger partial charge in [0.1, 0.15) is 5.75 Å². The summed E-state index contributed by atoms with van der Waals surface area (Å²) in [6.45, 7) is 2.38. The Hall–Kier alpha value is -1.55. The predicted molar refractivity (Wildman–Crippen MR) is 59.4 cm³/mol. The van der Waals surface area contributed by atoms with Crippen LogP contribution in [0.5, 0.6) is 5.75 Å². The molecule has 16 heavy (non-hydrogen) atoms. The largest absolute Gasteiger partial charge is 0.493 e. The van der Waals surface area contributed by atoms with Gasteiger partial charge in [-0.05, 0) is 19.4 Å². The molecule has 0 aromatic heterocycles. The highest BCUT2D eigenvalue weighted by atomic mass is 16.5. The van der Waals surface area contributed by atoms with Crippen molar-refractivity contribution in [1.82, 2.24) is 0 Å². The fraction of sp³-hybridized carbons (Fsp3) is 0.417. The fourth-order valence-corrected chi connectivity index (χ4v) is 1.46. The van der Waals surface area contributed by atoms with Gasteiger partial charge in [-0.2, -0.15) is 0 Å². The Bertz CT molecular complexity index is 349. The third kappa shape index (κ3) is 3.55. The summed E-state index contributed by atoms with van der Waals surface area (Å²) in [5.41, 5.74) is 0.644. The fourth-order valence-electron chi connectivity index (χ4n) is 1.46. The van der Waals surface area contributed by atoms with Crippen molar-refractivity contribution in [2.24, 2.45) is 0 Å². The molecule has 0 radical (unpaired) electrons. The molecule has 4 heteroatoms. The molecule has 0 fully saturated rings. The monoisotopic (exact) mass is 224 g/mol. The van der Waals surface area contributed by atoms with Gasteiger partial charge in [0.25, 0.3) is 0 Å². The Morgan fingerprint density at radius 2 is 2.12 bits per heavy atom. The highest BCUT2D eigenvalue weighted by molar-refractivity contribution is 5.66. The molecule has 4 nitrogen and oxygen atoms in total. The number of aliphatic carboxylic acids is 1. The molecule has 0 aliphatic heterocycles. The summed E-state index contributed by atoms with van der Waals surface area (Å²) < 4.78 is 5.36. The van der Waals surface area contributed by atoms with E-state index in [1.165, 1.54) is 0 Å². The second-order valence-corrected chi connectivity index (χ2v) is 3.42. The van der Waals surface area contributed by atoms with Crippen LogP contribution in [0.3, 0.4) is 0 Å². The van der Waals surface area contributed by atoms with Crippen molar-refractivity contribution in [3.63, 3.8) is 0 Å². The average Bonchev–Trinajstić information content (AvgIpc) is 2.27. The summed E-state index contributed by atoms with van der Waals surface area (Å²) in [5.74, 6) is -0.296. The van der Waals surface area contributed by atoms with Crippen LogP contribution in [-0.2, 0) is 4.79 Å². The zero-order valence-corrected chi connectivity index (χ0v) is 9.22. The Morgan fingerprint density at radius 1 is 1.44 bits per heavy atom. The quantitative estimate of drug-likeness (QED) is 0.775. The van der Waals surface area contributed by atoms with Gasteiger partial charge < -0.3 is 14.9 Å². The van der Waals surface area contributed by atoms with Crippen LogP contribution in [0.15, 0.2) is 24.3 Å². The lowest BCUT2D eigenvalue weighted by molar-refractivity contribution is -0.137. The van der Waals surface area contributed by atoms with Crippen LogP contribution in [-0.4, -0.2) is 22.8 Å². The molecule has 0 saturated carbocycles. The summed E-state index contributed by atoms with van der Waals surface area (Å²) in [4.78, 5) is 10.4. The van der Waals surface area contributed by atoms with Crippen molar-refractivity contribution in [3.05, 3.63) is 29.8 Å². The van der Waals surface area contributed by atoms with Crippen LogP contribution in [0.2, 0.25) is 0 Å². The summed E-state index contributed by atoms with van der Waals surface area (Å²) in [6, 6.07) is 7.13. The lowest BCUT2D eigenvalue weighted by Gasteiger charge is -2.14. The molecule has 1 unspecified atom stereocenters. The first-order valence-corrected chi connectivity index (χ1v) is 5.26. The molecule has 0 aliphatic carbocycles. The number of carboxylic acids is 1. The number of hydrogen-bond donors (Lipinski definition) is 2. The van der Waals surface area contributed by atoms with E-state index in [-0.39, 0.29) is 12.8 Å². The molecular weight excluding hydrogens is 208 g/mol. The first kappa shape index (κ1) is 12.5. The van der Waals surface area contributed by atoms with Gasteiger partial charge in [-0.15, -0.1) is 0 Å². The SMILES string of the molecule is CCOc1ccccc1C(O)CCC(=O)O. The summed E-state index contributed by atoms with van der Waals surface area (Å²) >= 11 is 0. The van der Waals surface area contributed by atoms with Gasteiger partial charge >= 0.3 is 5.97 Å². The molecule has 1 rings (SSSR count). The van der Waals surface area contributed by atoms with Crippen molar-refractivity contribution in [1.29, 1.82) is 0 Å². The van der Waals surface area contributed by atoms with Crippen LogP contribution in [0.1, 0.15) is 31.4 Å². The van der Waals surface area contributed by atoms with Crippen molar-refractivity contribution >= 4 is 5.97 Å². The van der Waals surface area contributed by atoms with Crippen molar-refractivity contribution < 1.29 is 19.7 Å². The first-order chi connectivity index (χ1) is 7.65. The van der Waals surface area contributed by atoms with Crippen LogP contribution in [0.4, 0.5) is 0 Å². The number of ether oxygens (including phenoxy) is 1. The molecule has 0 aliphatic rings. The van der Waals surface area contributed by atoms with Crippen LogP contribution in [0.25, 0.3) is 0 Å². The third-order valence-corrected chi connectivity index (χ3v) is 2.21. The molecule has 1 atom stereocenters. The average molecular weight is 224 g/mol. The normalized spacial score (nSPS) is 12.1. The van der Waals surface area contributed by atoms with E-state index in [1.54, 1.807) is 18.2 Å². The standard InChI is InChI=1S/C12H16O4/c1-2-16-11-6-4-3-5-9(11)10(13)7-8-12(14)15/h3-6,10,13H,2,7-8H2,1H3,(H,14,15). The number of aliphatic hydroxyl groups is 1. The van der Waals surface area contributed by atoms with E-state index in [4.69, 9.17) is 9.84 Å². The number of benzene rings is 1. The van der Waals surface area contributed by atoms with Gasteiger partial charge in [-0.25, -0.2) is 0 Å². The Kier molecular flexibility index (Phi) is 4.79. The van der Waals surface area contributed by atoms with Gasteiger partial charge in [0, 0.05) is 12.0 Å². The van der Waals surface area contributed by atoms with E-state index in [0.29, 0.717) is 17.9 Å². The zero-order valence-electron chi connectivity index (χ0n) is 9.22. The lowest BCUT2D eigenvalue weighted by atomic mass is 10.0.